The molecule has 1 aromatic heterocycles. The third-order valence-electron chi connectivity index (χ3n) is 7.40. The van der Waals surface area contributed by atoms with Gasteiger partial charge in [-0.2, -0.15) is 0 Å². The molecule has 1 aliphatic rings. The smallest absolute Gasteiger partial charge is 0.338 e. The topological polar surface area (TPSA) is 113 Å². The first kappa shape index (κ1) is 34.0. The number of anilines is 1. The quantitative estimate of drug-likeness (QED) is 0.119. The lowest BCUT2D eigenvalue weighted by molar-refractivity contribution is -0.142. The van der Waals surface area contributed by atoms with Gasteiger partial charge in [-0.15, -0.1) is 0 Å². The number of fused-ring (bicyclic) bond motifs is 1. The minimum absolute atomic E-state index is 0.0296. The first-order valence-corrected chi connectivity index (χ1v) is 15.8. The van der Waals surface area contributed by atoms with Crippen LogP contribution in [0.3, 0.4) is 0 Å². The van der Waals surface area contributed by atoms with Crippen molar-refractivity contribution in [2.75, 3.05) is 39.1 Å². The largest absolute Gasteiger partial charge is 0.497 e. The van der Waals surface area contributed by atoms with Gasteiger partial charge >= 0.3 is 11.9 Å². The summed E-state index contributed by atoms with van der Waals surface area (Å²) in [6.07, 6.45) is 3.66. The molecule has 11 heteroatoms. The summed E-state index contributed by atoms with van der Waals surface area (Å²) < 4.78 is 17.5. The number of ether oxygens (including phenoxy) is 3. The summed E-state index contributed by atoms with van der Waals surface area (Å²) in [4.78, 5) is 37.9. The molecule has 0 unspecified atom stereocenters. The molecular formula is C34H37BrClN3O6. The molecule has 1 fully saturated rings. The van der Waals surface area contributed by atoms with E-state index in [0.29, 0.717) is 26.3 Å². The summed E-state index contributed by atoms with van der Waals surface area (Å²) in [6, 6.07) is 18.0. The summed E-state index contributed by atoms with van der Waals surface area (Å²) in [5.74, 6) is -0.143. The van der Waals surface area contributed by atoms with Crippen LogP contribution < -0.4 is 10.5 Å². The predicted molar refractivity (Wildman–Crippen MR) is 179 cm³/mol. The van der Waals surface area contributed by atoms with E-state index < -0.39 is 11.9 Å². The van der Waals surface area contributed by atoms with Crippen LogP contribution >= 0.6 is 27.5 Å². The van der Waals surface area contributed by atoms with Crippen LogP contribution in [0.25, 0.3) is 10.9 Å². The van der Waals surface area contributed by atoms with Gasteiger partial charge in [0.1, 0.15) is 19.0 Å². The number of aromatic nitrogens is 1. The molecule has 45 heavy (non-hydrogen) atoms. The molecule has 1 aliphatic heterocycles. The number of esters is 2. The number of nitrogen functional groups attached to an aromatic ring is 1. The molecule has 3 aromatic carbocycles. The number of aryl methyl sites for hydroxylation is 1. The second kappa shape index (κ2) is 15.9. The highest BCUT2D eigenvalue weighted by molar-refractivity contribution is 9.10. The highest BCUT2D eigenvalue weighted by Gasteiger charge is 2.18. The number of nitrogens with two attached hydrogens (primary N) is 1. The van der Waals surface area contributed by atoms with E-state index in [4.69, 9.17) is 31.5 Å². The number of methoxy groups -OCH3 is 1. The Bertz CT molecular complexity index is 1660. The number of halogens is 2. The summed E-state index contributed by atoms with van der Waals surface area (Å²) in [5.41, 5.74) is 10.5. The number of likely N-dealkylation sites (tertiary alicyclic amines) is 1. The van der Waals surface area contributed by atoms with E-state index in [1.54, 1.807) is 48.1 Å². The molecule has 2 heterocycles. The first-order chi connectivity index (χ1) is 21.6. The molecule has 0 atom stereocenters. The van der Waals surface area contributed by atoms with Crippen molar-refractivity contribution >= 4 is 62.0 Å². The molecule has 0 radical (unpaired) electrons. The second-order valence-electron chi connectivity index (χ2n) is 10.7. The van der Waals surface area contributed by atoms with Crippen LogP contribution in [-0.2, 0) is 20.8 Å². The van der Waals surface area contributed by atoms with Crippen LogP contribution in [0.1, 0.15) is 58.2 Å². The molecule has 238 valence electrons. The fraction of sp³-hybridized carbons (Fsp3) is 0.324. The van der Waals surface area contributed by atoms with Crippen LogP contribution in [0.5, 0.6) is 5.75 Å². The molecule has 0 spiro atoms. The molecular weight excluding hydrogens is 662 g/mol. The van der Waals surface area contributed by atoms with E-state index >= 15 is 0 Å². The Morgan fingerprint density at radius 2 is 1.60 bits per heavy atom. The standard InChI is InChI=1S/C17H23BrN2O4.C17H14ClNO2/c1-12(21)23-7-8-24-17(22)13-9-14(16(19)15(18)10-13)11-20-5-3-2-4-6-20;1-11-9-13-10-15(21-2)7-8-16(13)19(11)17(20)12-3-5-14(18)6-4-12/h9-10H,2-8,11,19H2,1H3;3-10H,1-2H3. The van der Waals surface area contributed by atoms with Gasteiger partial charge in [0, 0.05) is 39.6 Å². The minimum Gasteiger partial charge on any atom is -0.497 e. The van der Waals surface area contributed by atoms with E-state index in [2.05, 4.69) is 20.8 Å². The van der Waals surface area contributed by atoms with Crippen LogP contribution in [-0.4, -0.2) is 60.7 Å². The maximum atomic E-state index is 12.7. The number of benzene rings is 3. The van der Waals surface area contributed by atoms with Gasteiger partial charge < -0.3 is 19.9 Å². The number of rotatable bonds is 8. The molecule has 0 amide bonds. The van der Waals surface area contributed by atoms with Gasteiger partial charge in [-0.05, 0) is 115 Å². The van der Waals surface area contributed by atoms with E-state index in [-0.39, 0.29) is 19.1 Å². The van der Waals surface area contributed by atoms with Crippen LogP contribution in [0, 0.1) is 6.92 Å². The molecule has 0 aliphatic carbocycles. The Hall–Kier alpha value is -3.86. The van der Waals surface area contributed by atoms with Gasteiger partial charge in [-0.1, -0.05) is 18.0 Å². The molecule has 2 N–H and O–H groups in total. The van der Waals surface area contributed by atoms with Crippen molar-refractivity contribution in [2.45, 2.75) is 39.7 Å². The van der Waals surface area contributed by atoms with E-state index in [1.807, 2.05) is 31.2 Å². The maximum Gasteiger partial charge on any atom is 0.338 e. The zero-order valence-electron chi connectivity index (χ0n) is 25.6. The Kier molecular flexibility index (Phi) is 12.0. The van der Waals surface area contributed by atoms with Crippen LogP contribution in [0.2, 0.25) is 5.02 Å². The van der Waals surface area contributed by atoms with Gasteiger partial charge in [0.05, 0.1) is 23.9 Å². The fourth-order valence-electron chi connectivity index (χ4n) is 5.13. The van der Waals surface area contributed by atoms with Gasteiger partial charge in [-0.25, -0.2) is 4.79 Å². The molecule has 4 aromatic rings. The van der Waals surface area contributed by atoms with Gasteiger partial charge in [-0.3, -0.25) is 19.1 Å². The Morgan fingerprint density at radius 1 is 0.911 bits per heavy atom. The van der Waals surface area contributed by atoms with Crippen molar-refractivity contribution in [2.24, 2.45) is 0 Å². The third kappa shape index (κ3) is 9.09. The number of hydrogen-bond acceptors (Lipinski definition) is 8. The molecule has 1 saturated heterocycles. The summed E-state index contributed by atoms with van der Waals surface area (Å²) >= 11 is 9.28. The number of nitrogens with zero attached hydrogens (tertiary/aromatic N) is 2. The summed E-state index contributed by atoms with van der Waals surface area (Å²) in [5, 5.41) is 1.60. The van der Waals surface area contributed by atoms with Gasteiger partial charge in [0.15, 0.2) is 0 Å². The van der Waals surface area contributed by atoms with Crippen molar-refractivity contribution in [3.05, 3.63) is 92.5 Å². The van der Waals surface area contributed by atoms with Crippen molar-refractivity contribution in [1.82, 2.24) is 9.47 Å². The summed E-state index contributed by atoms with van der Waals surface area (Å²) in [7, 11) is 1.63. The Balaban J connectivity index is 0.000000206. The lowest BCUT2D eigenvalue weighted by Gasteiger charge is -2.27. The minimum atomic E-state index is -0.456. The first-order valence-electron chi connectivity index (χ1n) is 14.6. The maximum absolute atomic E-state index is 12.7. The van der Waals surface area contributed by atoms with E-state index in [0.717, 1.165) is 47.5 Å². The average molecular weight is 699 g/mol. The van der Waals surface area contributed by atoms with E-state index in [1.165, 1.54) is 26.2 Å². The molecule has 0 bridgehead atoms. The Labute approximate surface area is 276 Å². The SMILES string of the molecule is CC(=O)OCCOC(=O)c1cc(Br)c(N)c(CN2CCCCC2)c1.COc1ccc2c(c1)cc(C)n2C(=O)c1ccc(Cl)cc1. The molecule has 9 nitrogen and oxygen atoms in total. The van der Waals surface area contributed by atoms with Gasteiger partial charge in [0.25, 0.3) is 5.91 Å². The van der Waals surface area contributed by atoms with Crippen LogP contribution in [0.4, 0.5) is 5.69 Å². The predicted octanol–water partition coefficient (Wildman–Crippen LogP) is 7.04. The van der Waals surface area contributed by atoms with Crippen LogP contribution in [0.15, 0.2) is 65.1 Å². The third-order valence-corrected chi connectivity index (χ3v) is 8.31. The second-order valence-corrected chi connectivity index (χ2v) is 12.0. The highest BCUT2D eigenvalue weighted by Crippen LogP contribution is 2.28. The lowest BCUT2D eigenvalue weighted by atomic mass is 10.1. The normalized spacial score (nSPS) is 13.1. The monoisotopic (exact) mass is 697 g/mol. The number of hydrogen-bond donors (Lipinski definition) is 1. The number of carbonyl (C=O) groups excluding carboxylic acids is 3. The lowest BCUT2D eigenvalue weighted by Crippen LogP contribution is -2.29. The summed E-state index contributed by atoms with van der Waals surface area (Å²) in [6.45, 7) is 6.13. The molecule has 0 saturated carbocycles. The van der Waals surface area contributed by atoms with E-state index in [9.17, 15) is 14.4 Å². The average Bonchev–Trinajstić information content (AvgIpc) is 3.36. The van der Waals surface area contributed by atoms with Crippen molar-refractivity contribution in [1.29, 1.82) is 0 Å². The Morgan fingerprint density at radius 3 is 2.27 bits per heavy atom. The number of carbonyl (C=O) groups is 3. The van der Waals surface area contributed by atoms with Crippen molar-refractivity contribution in [3.63, 3.8) is 0 Å². The molecule has 5 rings (SSSR count). The van der Waals surface area contributed by atoms with Crippen molar-refractivity contribution < 1.29 is 28.6 Å². The number of piperidine rings is 1. The van der Waals surface area contributed by atoms with Gasteiger partial charge in [0.2, 0.25) is 0 Å². The fourth-order valence-corrected chi connectivity index (χ4v) is 5.76. The zero-order valence-corrected chi connectivity index (χ0v) is 27.9. The zero-order chi connectivity index (χ0) is 32.5. The van der Waals surface area contributed by atoms with Crippen molar-refractivity contribution in [3.8, 4) is 5.75 Å². The highest BCUT2D eigenvalue weighted by atomic mass is 79.9.